The van der Waals surface area contributed by atoms with Gasteiger partial charge in [0.25, 0.3) is 0 Å². The molecule has 2 unspecified atom stereocenters. The van der Waals surface area contributed by atoms with Gasteiger partial charge in [-0.05, 0) is 30.5 Å². The van der Waals surface area contributed by atoms with Crippen molar-refractivity contribution >= 4 is 23.2 Å². The number of fused-ring (bicyclic) bond motifs is 1. The van der Waals surface area contributed by atoms with Crippen LogP contribution in [0.5, 0.6) is 11.5 Å². The number of benzene rings is 1. The van der Waals surface area contributed by atoms with Crippen molar-refractivity contribution in [3.05, 3.63) is 29.3 Å². The Morgan fingerprint density at radius 1 is 1.33 bits per heavy atom. The summed E-state index contributed by atoms with van der Waals surface area (Å²) in [6, 6.07) is 5.68. The van der Waals surface area contributed by atoms with Crippen LogP contribution in [0.4, 0.5) is 0 Å². The minimum Gasteiger partial charge on any atom is -0.481 e. The van der Waals surface area contributed by atoms with Crippen LogP contribution in [0.25, 0.3) is 10.6 Å². The lowest BCUT2D eigenvalue weighted by molar-refractivity contribution is -0.148. The zero-order valence-corrected chi connectivity index (χ0v) is 15.7. The predicted molar refractivity (Wildman–Crippen MR) is 98.9 cm³/mol. The van der Waals surface area contributed by atoms with Crippen molar-refractivity contribution in [3.63, 3.8) is 0 Å². The van der Waals surface area contributed by atoms with Crippen molar-refractivity contribution < 1.29 is 24.2 Å². The van der Waals surface area contributed by atoms with E-state index < -0.39 is 5.97 Å². The smallest absolute Gasteiger partial charge is 0.306 e. The molecule has 1 aromatic heterocycles. The lowest BCUT2D eigenvalue weighted by atomic mass is 9.87. The van der Waals surface area contributed by atoms with Crippen LogP contribution < -0.4 is 9.47 Å². The van der Waals surface area contributed by atoms with E-state index in [0.717, 1.165) is 22.0 Å². The number of aromatic nitrogens is 1. The molecule has 2 aromatic rings. The van der Waals surface area contributed by atoms with Gasteiger partial charge in [-0.25, -0.2) is 4.98 Å². The summed E-state index contributed by atoms with van der Waals surface area (Å²) in [5.74, 6) is 0.238. The van der Waals surface area contributed by atoms with Crippen molar-refractivity contribution in [2.45, 2.75) is 19.8 Å². The number of hydrogen-bond acceptors (Lipinski definition) is 6. The molecule has 0 aliphatic carbocycles. The van der Waals surface area contributed by atoms with E-state index >= 15 is 0 Å². The zero-order valence-electron chi connectivity index (χ0n) is 14.9. The molecule has 1 saturated heterocycles. The lowest BCUT2D eigenvalue weighted by Gasteiger charge is -2.34. The number of ether oxygens (including phenoxy) is 2. The first-order valence-corrected chi connectivity index (χ1v) is 9.74. The van der Waals surface area contributed by atoms with Crippen LogP contribution in [0, 0.1) is 11.8 Å². The average molecular weight is 388 g/mol. The number of likely N-dealkylation sites (tertiary alicyclic amines) is 1. The summed E-state index contributed by atoms with van der Waals surface area (Å²) >= 11 is 1.49. The van der Waals surface area contributed by atoms with E-state index in [1.807, 2.05) is 30.5 Å². The van der Waals surface area contributed by atoms with E-state index in [1.54, 1.807) is 4.90 Å². The number of nitrogens with zero attached hydrogens (tertiary/aromatic N) is 2. The second kappa shape index (κ2) is 7.19. The number of carboxylic acid groups (broad SMARTS) is 1. The monoisotopic (exact) mass is 388 g/mol. The SMILES string of the molecule is CC1CN(C(=O)Cc2csc(-c3ccc4c(c3)OCO4)n2)CCC1C(=O)O. The molecule has 0 radical (unpaired) electrons. The number of hydrogen-bond donors (Lipinski definition) is 1. The molecular weight excluding hydrogens is 368 g/mol. The van der Waals surface area contributed by atoms with Gasteiger partial charge in [-0.2, -0.15) is 0 Å². The number of piperidine rings is 1. The normalized spacial score (nSPS) is 21.3. The summed E-state index contributed by atoms with van der Waals surface area (Å²) in [5.41, 5.74) is 1.66. The third kappa shape index (κ3) is 3.62. The first-order chi connectivity index (χ1) is 13.0. The molecule has 2 aliphatic rings. The fourth-order valence-corrected chi connectivity index (χ4v) is 4.37. The van der Waals surface area contributed by atoms with E-state index in [0.29, 0.717) is 25.3 Å². The highest BCUT2D eigenvalue weighted by Crippen LogP contribution is 2.36. The van der Waals surface area contributed by atoms with E-state index in [2.05, 4.69) is 4.98 Å². The molecule has 8 heteroatoms. The standard InChI is InChI=1S/C19H20N2O5S/c1-11-8-21(5-4-14(11)19(23)24)17(22)7-13-9-27-18(20-13)12-2-3-15-16(6-12)26-10-25-15/h2-3,6,9,11,14H,4-5,7-8,10H2,1H3,(H,23,24). The molecular formula is C19H20N2O5S. The highest BCUT2D eigenvalue weighted by atomic mass is 32.1. The highest BCUT2D eigenvalue weighted by molar-refractivity contribution is 7.13. The molecule has 142 valence electrons. The molecule has 0 saturated carbocycles. The number of aliphatic carboxylic acids is 1. The zero-order chi connectivity index (χ0) is 19.0. The van der Waals surface area contributed by atoms with Crippen LogP contribution >= 0.6 is 11.3 Å². The molecule has 1 amide bonds. The summed E-state index contributed by atoms with van der Waals surface area (Å²) in [4.78, 5) is 30.1. The largest absolute Gasteiger partial charge is 0.481 e. The molecule has 27 heavy (non-hydrogen) atoms. The number of carboxylic acids is 1. The maximum atomic E-state index is 12.6. The van der Waals surface area contributed by atoms with Crippen LogP contribution in [0.2, 0.25) is 0 Å². The molecule has 1 aromatic carbocycles. The summed E-state index contributed by atoms with van der Waals surface area (Å²) < 4.78 is 10.7. The maximum absolute atomic E-state index is 12.6. The van der Waals surface area contributed by atoms with Crippen LogP contribution in [0.3, 0.4) is 0 Å². The van der Waals surface area contributed by atoms with Gasteiger partial charge >= 0.3 is 5.97 Å². The van der Waals surface area contributed by atoms with E-state index in [4.69, 9.17) is 9.47 Å². The minimum atomic E-state index is -0.775. The van der Waals surface area contributed by atoms with Gasteiger partial charge in [0.1, 0.15) is 5.01 Å². The highest BCUT2D eigenvalue weighted by Gasteiger charge is 2.33. The predicted octanol–water partition coefficient (Wildman–Crippen LogP) is 2.65. The quantitative estimate of drug-likeness (QED) is 0.866. The molecule has 7 nitrogen and oxygen atoms in total. The van der Waals surface area contributed by atoms with Gasteiger partial charge in [0.15, 0.2) is 11.5 Å². The second-order valence-electron chi connectivity index (χ2n) is 6.94. The van der Waals surface area contributed by atoms with Gasteiger partial charge in [0, 0.05) is 24.0 Å². The number of carbonyl (C=O) groups excluding carboxylic acids is 1. The molecule has 1 fully saturated rings. The Kier molecular flexibility index (Phi) is 4.73. The van der Waals surface area contributed by atoms with E-state index in [1.165, 1.54) is 11.3 Å². The molecule has 1 N–H and O–H groups in total. The molecule has 0 bridgehead atoms. The first-order valence-electron chi connectivity index (χ1n) is 8.86. The molecule has 3 heterocycles. The van der Waals surface area contributed by atoms with E-state index in [9.17, 15) is 14.7 Å². The number of rotatable bonds is 4. The van der Waals surface area contributed by atoms with Gasteiger partial charge < -0.3 is 19.5 Å². The topological polar surface area (TPSA) is 89.0 Å². The molecule has 2 atom stereocenters. The van der Waals surface area contributed by atoms with Crippen LogP contribution in [-0.2, 0) is 16.0 Å². The first kappa shape index (κ1) is 17.8. The number of thiazole rings is 1. The Morgan fingerprint density at radius 3 is 2.93 bits per heavy atom. The average Bonchev–Trinajstić information content (AvgIpc) is 3.29. The Labute approximate surface area is 160 Å². The maximum Gasteiger partial charge on any atom is 0.306 e. The van der Waals surface area contributed by atoms with Gasteiger partial charge in [-0.1, -0.05) is 6.92 Å². The van der Waals surface area contributed by atoms with Crippen molar-refractivity contribution in [3.8, 4) is 22.1 Å². The fourth-order valence-electron chi connectivity index (χ4n) is 3.56. The minimum absolute atomic E-state index is 0.00627. The summed E-state index contributed by atoms with van der Waals surface area (Å²) in [5, 5.41) is 11.9. The van der Waals surface area contributed by atoms with Crippen molar-refractivity contribution in [1.29, 1.82) is 0 Å². The Balaban J connectivity index is 1.41. The van der Waals surface area contributed by atoms with Crippen LogP contribution in [0.15, 0.2) is 23.6 Å². The summed E-state index contributed by atoms with van der Waals surface area (Å²) in [6.07, 6.45) is 0.729. The van der Waals surface area contributed by atoms with Crippen LogP contribution in [0.1, 0.15) is 19.0 Å². The Morgan fingerprint density at radius 2 is 2.15 bits per heavy atom. The fraction of sp³-hybridized carbons (Fsp3) is 0.421. The van der Waals surface area contributed by atoms with Gasteiger partial charge in [-0.15, -0.1) is 11.3 Å². The second-order valence-corrected chi connectivity index (χ2v) is 7.80. The molecule has 4 rings (SSSR count). The van der Waals surface area contributed by atoms with E-state index in [-0.39, 0.29) is 31.0 Å². The summed E-state index contributed by atoms with van der Waals surface area (Å²) in [6.45, 7) is 3.08. The number of amides is 1. The van der Waals surface area contributed by atoms with Gasteiger partial charge in [-0.3, -0.25) is 9.59 Å². The summed E-state index contributed by atoms with van der Waals surface area (Å²) in [7, 11) is 0. The number of carbonyl (C=O) groups is 2. The third-order valence-corrected chi connectivity index (χ3v) is 6.02. The van der Waals surface area contributed by atoms with Crippen molar-refractivity contribution in [1.82, 2.24) is 9.88 Å². The van der Waals surface area contributed by atoms with Crippen molar-refractivity contribution in [2.75, 3.05) is 19.9 Å². The van der Waals surface area contributed by atoms with Gasteiger partial charge in [0.2, 0.25) is 12.7 Å². The van der Waals surface area contributed by atoms with Gasteiger partial charge in [0.05, 0.1) is 18.0 Å². The molecule has 2 aliphatic heterocycles. The van der Waals surface area contributed by atoms with Crippen LogP contribution in [-0.4, -0.2) is 46.7 Å². The Hall–Kier alpha value is -2.61. The van der Waals surface area contributed by atoms with Crippen molar-refractivity contribution in [2.24, 2.45) is 11.8 Å². The lowest BCUT2D eigenvalue weighted by Crippen LogP contribution is -2.45. The third-order valence-electron chi connectivity index (χ3n) is 5.08. The Bertz CT molecular complexity index is 881. The molecule has 0 spiro atoms.